The summed E-state index contributed by atoms with van der Waals surface area (Å²) in [6, 6.07) is 13.3. The van der Waals surface area contributed by atoms with Crippen molar-refractivity contribution in [1.29, 1.82) is 0 Å². The van der Waals surface area contributed by atoms with Crippen LogP contribution < -0.4 is 0 Å². The molecule has 0 bridgehead atoms. The summed E-state index contributed by atoms with van der Waals surface area (Å²) in [5, 5.41) is 19.2. The molecule has 0 unspecified atom stereocenters. The van der Waals surface area contributed by atoms with E-state index in [2.05, 4.69) is 29.3 Å². The zero-order chi connectivity index (χ0) is 18.9. The lowest BCUT2D eigenvalue weighted by atomic mass is 10.1. The average Bonchev–Trinajstić information content (AvgIpc) is 3.10. The molecule has 27 heavy (non-hydrogen) atoms. The summed E-state index contributed by atoms with van der Waals surface area (Å²) in [7, 11) is 0. The van der Waals surface area contributed by atoms with Gasteiger partial charge in [-0.15, -0.1) is 15.0 Å². The highest BCUT2D eigenvalue weighted by molar-refractivity contribution is 5.73. The second kappa shape index (κ2) is 9.91. The molecule has 4 heteroatoms. The van der Waals surface area contributed by atoms with E-state index in [0.717, 1.165) is 23.0 Å². The number of nitrogens with zero attached hydrogens (tertiary/aromatic N) is 3. The molecule has 0 spiro atoms. The third-order valence-electron chi connectivity index (χ3n) is 4.79. The van der Waals surface area contributed by atoms with Crippen molar-refractivity contribution >= 4 is 17.1 Å². The summed E-state index contributed by atoms with van der Waals surface area (Å²) in [6.07, 6.45) is 14.6. The fourth-order valence-corrected chi connectivity index (χ4v) is 3.22. The molecule has 0 aliphatic heterocycles. The monoisotopic (exact) mass is 363 g/mol. The first-order valence-corrected chi connectivity index (χ1v) is 10.1. The molecular formula is C23H29N3O. The molecule has 2 aromatic carbocycles. The molecule has 0 aliphatic rings. The van der Waals surface area contributed by atoms with Crippen LogP contribution in [0.1, 0.15) is 63.9 Å². The number of hydrogen-bond donors (Lipinski definition) is 1. The minimum atomic E-state index is 0.188. The van der Waals surface area contributed by atoms with E-state index in [4.69, 9.17) is 0 Å². The van der Waals surface area contributed by atoms with Crippen LogP contribution in [0.5, 0.6) is 5.75 Å². The van der Waals surface area contributed by atoms with E-state index in [1.54, 1.807) is 6.07 Å². The number of unbranched alkanes of at least 4 members (excludes halogenated alkanes) is 7. The molecular weight excluding hydrogens is 334 g/mol. The Kier molecular flexibility index (Phi) is 7.03. The highest BCUT2D eigenvalue weighted by Gasteiger charge is 2.08. The van der Waals surface area contributed by atoms with E-state index in [0.29, 0.717) is 5.69 Å². The molecule has 0 saturated carbocycles. The highest BCUT2D eigenvalue weighted by Crippen LogP contribution is 2.24. The zero-order valence-electron chi connectivity index (χ0n) is 16.1. The van der Waals surface area contributed by atoms with Gasteiger partial charge in [-0.2, -0.15) is 0 Å². The Hall–Kier alpha value is -2.62. The summed E-state index contributed by atoms with van der Waals surface area (Å²) in [6.45, 7) is 2.25. The lowest BCUT2D eigenvalue weighted by Gasteiger charge is -2.04. The lowest BCUT2D eigenvalue weighted by molar-refractivity contribution is 0.467. The highest BCUT2D eigenvalue weighted by atomic mass is 16.3. The van der Waals surface area contributed by atoms with Crippen LogP contribution in [-0.2, 0) is 0 Å². The van der Waals surface area contributed by atoms with Gasteiger partial charge >= 0.3 is 0 Å². The van der Waals surface area contributed by atoms with Gasteiger partial charge in [0, 0.05) is 0 Å². The maximum Gasteiger partial charge on any atom is 0.143 e. The van der Waals surface area contributed by atoms with Crippen LogP contribution in [0, 0.1) is 0 Å². The molecule has 1 aromatic heterocycles. The Labute approximate surface area is 161 Å². The average molecular weight is 364 g/mol. The molecule has 0 fully saturated rings. The van der Waals surface area contributed by atoms with E-state index in [-0.39, 0.29) is 5.75 Å². The molecule has 1 heterocycles. The first kappa shape index (κ1) is 19.2. The minimum absolute atomic E-state index is 0.188. The molecule has 4 nitrogen and oxygen atoms in total. The summed E-state index contributed by atoms with van der Waals surface area (Å²) in [4.78, 5) is 1.49. The number of aromatic hydroxyl groups is 1. The molecule has 142 valence electrons. The predicted molar refractivity (Wildman–Crippen MR) is 112 cm³/mol. The lowest BCUT2D eigenvalue weighted by Crippen LogP contribution is -1.98. The fraction of sp³-hybridized carbons (Fsp3) is 0.391. The molecule has 0 aliphatic carbocycles. The van der Waals surface area contributed by atoms with Gasteiger partial charge in [0.1, 0.15) is 22.5 Å². The van der Waals surface area contributed by atoms with Crippen LogP contribution in [-0.4, -0.2) is 20.1 Å². The van der Waals surface area contributed by atoms with Gasteiger partial charge in [0.05, 0.1) is 0 Å². The SMILES string of the molecule is CCCCCCCCCC=Cc1ccc(-n2nc3ccccc3n2)c(O)c1. The van der Waals surface area contributed by atoms with E-state index in [1.165, 1.54) is 49.7 Å². The normalized spacial score (nSPS) is 11.6. The van der Waals surface area contributed by atoms with Crippen LogP contribution in [0.4, 0.5) is 0 Å². The van der Waals surface area contributed by atoms with Crippen LogP contribution in [0.3, 0.4) is 0 Å². The van der Waals surface area contributed by atoms with Crippen molar-refractivity contribution in [3.63, 3.8) is 0 Å². The Balaban J connectivity index is 1.52. The first-order valence-electron chi connectivity index (χ1n) is 10.1. The maximum absolute atomic E-state index is 10.4. The number of benzene rings is 2. The maximum atomic E-state index is 10.4. The third-order valence-corrected chi connectivity index (χ3v) is 4.79. The van der Waals surface area contributed by atoms with Crippen molar-refractivity contribution in [2.24, 2.45) is 0 Å². The number of allylic oxidation sites excluding steroid dienone is 1. The minimum Gasteiger partial charge on any atom is -0.506 e. The number of aromatic nitrogens is 3. The van der Waals surface area contributed by atoms with E-state index in [9.17, 15) is 5.11 Å². The molecule has 0 amide bonds. The van der Waals surface area contributed by atoms with Gasteiger partial charge in [0.25, 0.3) is 0 Å². The van der Waals surface area contributed by atoms with E-state index in [1.807, 2.05) is 36.4 Å². The van der Waals surface area contributed by atoms with Crippen molar-refractivity contribution in [2.45, 2.75) is 58.3 Å². The summed E-state index contributed by atoms with van der Waals surface area (Å²) in [5.41, 5.74) is 3.22. The third kappa shape index (κ3) is 5.43. The molecule has 3 aromatic rings. The number of hydrogen-bond acceptors (Lipinski definition) is 3. The van der Waals surface area contributed by atoms with Crippen molar-refractivity contribution < 1.29 is 5.11 Å². The number of phenols is 1. The van der Waals surface area contributed by atoms with Crippen molar-refractivity contribution in [2.75, 3.05) is 0 Å². The van der Waals surface area contributed by atoms with Crippen molar-refractivity contribution in [3.8, 4) is 11.4 Å². The Bertz CT molecular complexity index is 849. The standard InChI is InChI=1S/C23H29N3O/c1-2-3-4-5-6-7-8-9-10-13-19-16-17-22(23(27)18-19)26-24-20-14-11-12-15-21(20)25-26/h10-18,27H,2-9H2,1H3. The topological polar surface area (TPSA) is 50.9 Å². The second-order valence-electron chi connectivity index (χ2n) is 7.04. The van der Waals surface area contributed by atoms with E-state index < -0.39 is 0 Å². The molecule has 3 rings (SSSR count). The summed E-state index contributed by atoms with van der Waals surface area (Å²) < 4.78 is 0. The smallest absolute Gasteiger partial charge is 0.143 e. The first-order chi connectivity index (χ1) is 13.3. The van der Waals surface area contributed by atoms with Gasteiger partial charge in [0.15, 0.2) is 0 Å². The van der Waals surface area contributed by atoms with Crippen LogP contribution in [0.15, 0.2) is 48.5 Å². The van der Waals surface area contributed by atoms with Gasteiger partial charge in [-0.3, -0.25) is 0 Å². The molecule has 0 saturated heterocycles. The van der Waals surface area contributed by atoms with E-state index >= 15 is 0 Å². The van der Waals surface area contributed by atoms with Crippen LogP contribution >= 0.6 is 0 Å². The largest absolute Gasteiger partial charge is 0.506 e. The van der Waals surface area contributed by atoms with Gasteiger partial charge in [0.2, 0.25) is 0 Å². The van der Waals surface area contributed by atoms with Crippen LogP contribution in [0.2, 0.25) is 0 Å². The van der Waals surface area contributed by atoms with Gasteiger partial charge < -0.3 is 5.11 Å². The molecule has 0 atom stereocenters. The second-order valence-corrected chi connectivity index (χ2v) is 7.04. The van der Waals surface area contributed by atoms with Gasteiger partial charge in [-0.05, 0) is 42.7 Å². The zero-order valence-corrected chi connectivity index (χ0v) is 16.1. The Morgan fingerprint density at radius 1 is 0.889 bits per heavy atom. The Morgan fingerprint density at radius 3 is 2.22 bits per heavy atom. The summed E-state index contributed by atoms with van der Waals surface area (Å²) in [5.74, 6) is 0.188. The van der Waals surface area contributed by atoms with Gasteiger partial charge in [-0.25, -0.2) is 0 Å². The number of fused-ring (bicyclic) bond motifs is 1. The molecule has 0 radical (unpaired) electrons. The van der Waals surface area contributed by atoms with Crippen molar-refractivity contribution in [1.82, 2.24) is 15.0 Å². The summed E-state index contributed by atoms with van der Waals surface area (Å²) >= 11 is 0. The van der Waals surface area contributed by atoms with Crippen LogP contribution in [0.25, 0.3) is 22.8 Å². The number of phenolic OH excluding ortho intramolecular Hbond substituents is 1. The Morgan fingerprint density at radius 2 is 1.56 bits per heavy atom. The quantitative estimate of drug-likeness (QED) is 0.431. The predicted octanol–water partition coefficient (Wildman–Crippen LogP) is 6.28. The fourth-order valence-electron chi connectivity index (χ4n) is 3.22. The number of rotatable bonds is 10. The van der Waals surface area contributed by atoms with Gasteiger partial charge in [-0.1, -0.05) is 75.8 Å². The van der Waals surface area contributed by atoms with Crippen molar-refractivity contribution in [3.05, 3.63) is 54.1 Å². The molecule has 1 N–H and O–H groups in total.